The molecule has 2 nitrogen and oxygen atoms in total. The molecule has 1 N–H and O–H groups in total. The summed E-state index contributed by atoms with van der Waals surface area (Å²) in [4.78, 5) is 2.64. The van der Waals surface area contributed by atoms with Gasteiger partial charge < -0.3 is 10.0 Å². The fourth-order valence-corrected chi connectivity index (χ4v) is 2.58. The Labute approximate surface area is 94.7 Å². The molecule has 0 saturated carbocycles. The van der Waals surface area contributed by atoms with E-state index in [0.717, 1.165) is 12.0 Å². The maximum Gasteiger partial charge on any atom is 0.0457 e. The van der Waals surface area contributed by atoms with E-state index >= 15 is 0 Å². The lowest BCUT2D eigenvalue weighted by molar-refractivity contribution is 0.100. The van der Waals surface area contributed by atoms with E-state index in [1.54, 1.807) is 0 Å². The van der Waals surface area contributed by atoms with Crippen molar-refractivity contribution in [2.45, 2.75) is 52.5 Å². The third-order valence-electron chi connectivity index (χ3n) is 3.33. The second-order valence-electron chi connectivity index (χ2n) is 5.56. The number of rotatable bonds is 5. The Morgan fingerprint density at radius 3 is 2.60 bits per heavy atom. The van der Waals surface area contributed by atoms with E-state index in [2.05, 4.69) is 25.7 Å². The van der Waals surface area contributed by atoms with Gasteiger partial charge in [-0.3, -0.25) is 0 Å². The van der Waals surface area contributed by atoms with Gasteiger partial charge in [0.05, 0.1) is 0 Å². The molecule has 2 atom stereocenters. The molecule has 1 heterocycles. The lowest BCUT2D eigenvalue weighted by Crippen LogP contribution is -2.42. The normalized spacial score (nSPS) is 25.8. The average molecular weight is 213 g/mol. The number of aliphatic hydroxyl groups excluding tert-OH is 1. The molecule has 0 spiro atoms. The smallest absolute Gasteiger partial charge is 0.0457 e. The predicted octanol–water partition coefficient (Wildman–Crippen LogP) is 2.52. The zero-order valence-electron chi connectivity index (χ0n) is 10.6. The molecule has 0 aromatic heterocycles. The molecule has 0 amide bonds. The van der Waals surface area contributed by atoms with Crippen LogP contribution in [0.15, 0.2) is 0 Å². The molecule has 90 valence electrons. The van der Waals surface area contributed by atoms with Crippen LogP contribution in [0.25, 0.3) is 0 Å². The Bertz CT molecular complexity index is 170. The molecule has 0 bridgehead atoms. The van der Waals surface area contributed by atoms with Crippen LogP contribution in [0.3, 0.4) is 0 Å². The van der Waals surface area contributed by atoms with E-state index in [0.29, 0.717) is 12.5 Å². The molecule has 2 unspecified atom stereocenters. The van der Waals surface area contributed by atoms with Crippen molar-refractivity contribution < 1.29 is 5.11 Å². The van der Waals surface area contributed by atoms with Crippen molar-refractivity contribution in [2.75, 3.05) is 19.7 Å². The van der Waals surface area contributed by atoms with Gasteiger partial charge in [0, 0.05) is 19.2 Å². The third-order valence-corrected chi connectivity index (χ3v) is 3.33. The Morgan fingerprint density at radius 2 is 2.00 bits per heavy atom. The summed E-state index contributed by atoms with van der Waals surface area (Å²) in [5, 5.41) is 9.12. The van der Waals surface area contributed by atoms with Crippen molar-refractivity contribution in [1.29, 1.82) is 0 Å². The van der Waals surface area contributed by atoms with Crippen molar-refractivity contribution in [2.24, 2.45) is 11.8 Å². The molecule has 1 aliphatic heterocycles. The molecule has 0 aliphatic carbocycles. The highest BCUT2D eigenvalue weighted by atomic mass is 16.3. The van der Waals surface area contributed by atoms with Gasteiger partial charge in [0.1, 0.15) is 0 Å². The van der Waals surface area contributed by atoms with Gasteiger partial charge in [-0.1, -0.05) is 27.2 Å². The van der Waals surface area contributed by atoms with E-state index < -0.39 is 0 Å². The number of aliphatic hydroxyl groups is 1. The average Bonchev–Trinajstić information content (AvgIpc) is 2.20. The SMILES string of the molecule is CC(C)CN1CCCCC1CC(C)CO. The Balaban J connectivity index is 2.42. The Kier molecular flexibility index (Phi) is 5.62. The first-order valence-electron chi connectivity index (χ1n) is 6.48. The number of hydrogen-bond acceptors (Lipinski definition) is 2. The second-order valence-corrected chi connectivity index (χ2v) is 5.56. The molecule has 1 fully saturated rings. The van der Waals surface area contributed by atoms with Gasteiger partial charge in [-0.15, -0.1) is 0 Å². The van der Waals surface area contributed by atoms with Gasteiger partial charge in [0.2, 0.25) is 0 Å². The fourth-order valence-electron chi connectivity index (χ4n) is 2.58. The third kappa shape index (κ3) is 4.52. The number of hydrogen-bond donors (Lipinski definition) is 1. The Hall–Kier alpha value is -0.0800. The quantitative estimate of drug-likeness (QED) is 0.758. The van der Waals surface area contributed by atoms with Gasteiger partial charge in [-0.05, 0) is 37.6 Å². The van der Waals surface area contributed by atoms with E-state index in [1.165, 1.54) is 38.8 Å². The Morgan fingerprint density at radius 1 is 1.27 bits per heavy atom. The highest BCUT2D eigenvalue weighted by Gasteiger charge is 2.23. The van der Waals surface area contributed by atoms with Crippen LogP contribution >= 0.6 is 0 Å². The number of likely N-dealkylation sites (tertiary alicyclic amines) is 1. The minimum Gasteiger partial charge on any atom is -0.396 e. The zero-order valence-corrected chi connectivity index (χ0v) is 10.6. The lowest BCUT2D eigenvalue weighted by Gasteiger charge is -2.38. The van der Waals surface area contributed by atoms with Crippen LogP contribution < -0.4 is 0 Å². The summed E-state index contributed by atoms with van der Waals surface area (Å²) in [5.74, 6) is 1.22. The summed E-state index contributed by atoms with van der Waals surface area (Å²) in [5.41, 5.74) is 0. The lowest BCUT2D eigenvalue weighted by atomic mass is 9.93. The molecule has 0 aromatic carbocycles. The monoisotopic (exact) mass is 213 g/mol. The number of piperidine rings is 1. The van der Waals surface area contributed by atoms with Crippen LogP contribution in [-0.2, 0) is 0 Å². The second kappa shape index (κ2) is 6.49. The first-order chi connectivity index (χ1) is 7.13. The van der Waals surface area contributed by atoms with E-state index in [4.69, 9.17) is 5.11 Å². The standard InChI is InChI=1S/C13H27NO/c1-11(2)9-14-7-5-4-6-13(14)8-12(3)10-15/h11-13,15H,4-10H2,1-3H3. The molecule has 1 aliphatic rings. The van der Waals surface area contributed by atoms with E-state index in [9.17, 15) is 0 Å². The van der Waals surface area contributed by atoms with Gasteiger partial charge in [-0.2, -0.15) is 0 Å². The maximum absolute atomic E-state index is 9.12. The van der Waals surface area contributed by atoms with Crippen molar-refractivity contribution in [3.05, 3.63) is 0 Å². The summed E-state index contributed by atoms with van der Waals surface area (Å²) >= 11 is 0. The minimum atomic E-state index is 0.339. The van der Waals surface area contributed by atoms with Crippen molar-refractivity contribution in [1.82, 2.24) is 4.90 Å². The highest BCUT2D eigenvalue weighted by molar-refractivity contribution is 4.79. The van der Waals surface area contributed by atoms with E-state index in [-0.39, 0.29) is 0 Å². The molecular weight excluding hydrogens is 186 g/mol. The summed E-state index contributed by atoms with van der Waals surface area (Å²) in [6.07, 6.45) is 5.23. The van der Waals surface area contributed by atoms with Crippen molar-refractivity contribution in [3.8, 4) is 0 Å². The summed E-state index contributed by atoms with van der Waals surface area (Å²) in [7, 11) is 0. The molecule has 1 rings (SSSR count). The zero-order chi connectivity index (χ0) is 11.3. The molecular formula is C13H27NO. The predicted molar refractivity (Wildman–Crippen MR) is 64.9 cm³/mol. The largest absolute Gasteiger partial charge is 0.396 e. The van der Waals surface area contributed by atoms with Gasteiger partial charge in [0.25, 0.3) is 0 Å². The summed E-state index contributed by atoms with van der Waals surface area (Å²) < 4.78 is 0. The van der Waals surface area contributed by atoms with Gasteiger partial charge in [0.15, 0.2) is 0 Å². The van der Waals surface area contributed by atoms with Crippen LogP contribution in [0.4, 0.5) is 0 Å². The minimum absolute atomic E-state index is 0.339. The molecule has 2 heteroatoms. The molecule has 0 aromatic rings. The van der Waals surface area contributed by atoms with Crippen LogP contribution in [-0.4, -0.2) is 35.7 Å². The summed E-state index contributed by atoms with van der Waals surface area (Å²) in [6.45, 7) is 9.57. The fraction of sp³-hybridized carbons (Fsp3) is 1.00. The first kappa shape index (κ1) is 13.0. The summed E-state index contributed by atoms with van der Waals surface area (Å²) in [6, 6.07) is 0.725. The van der Waals surface area contributed by atoms with Crippen LogP contribution in [0.5, 0.6) is 0 Å². The molecule has 15 heavy (non-hydrogen) atoms. The number of nitrogens with zero attached hydrogens (tertiary/aromatic N) is 1. The molecule has 0 radical (unpaired) electrons. The van der Waals surface area contributed by atoms with Crippen molar-refractivity contribution >= 4 is 0 Å². The maximum atomic E-state index is 9.12. The van der Waals surface area contributed by atoms with Crippen LogP contribution in [0, 0.1) is 11.8 Å². The van der Waals surface area contributed by atoms with Gasteiger partial charge >= 0.3 is 0 Å². The van der Waals surface area contributed by atoms with Crippen molar-refractivity contribution in [3.63, 3.8) is 0 Å². The van der Waals surface area contributed by atoms with Crippen LogP contribution in [0.2, 0.25) is 0 Å². The van der Waals surface area contributed by atoms with Crippen LogP contribution in [0.1, 0.15) is 46.5 Å². The van der Waals surface area contributed by atoms with Gasteiger partial charge in [-0.25, -0.2) is 0 Å². The topological polar surface area (TPSA) is 23.5 Å². The van der Waals surface area contributed by atoms with E-state index in [1.807, 2.05) is 0 Å². The molecule has 1 saturated heterocycles. The first-order valence-corrected chi connectivity index (χ1v) is 6.48. The highest BCUT2D eigenvalue weighted by Crippen LogP contribution is 2.23.